The number of para-hydroxylation sites is 1. The highest BCUT2D eigenvalue weighted by atomic mass is 16.2. The van der Waals surface area contributed by atoms with Crippen LogP contribution in [0.15, 0.2) is 60.7 Å². The Bertz CT molecular complexity index is 641. The highest BCUT2D eigenvalue weighted by molar-refractivity contribution is 5.94. The van der Waals surface area contributed by atoms with Gasteiger partial charge in [0.2, 0.25) is 5.91 Å². The molecule has 25 heavy (non-hydrogen) atoms. The quantitative estimate of drug-likeness (QED) is 0.631. The molecule has 2 N–H and O–H groups in total. The zero-order valence-electron chi connectivity index (χ0n) is 14.5. The molecule has 0 unspecified atom stereocenters. The van der Waals surface area contributed by atoms with Gasteiger partial charge < -0.3 is 10.6 Å². The SMILES string of the molecule is O=C(CCCCCCCNC(=O)c1ccccc1)Nc1ccccc1. The van der Waals surface area contributed by atoms with E-state index in [0.29, 0.717) is 18.5 Å². The van der Waals surface area contributed by atoms with Crippen molar-refractivity contribution < 1.29 is 9.59 Å². The number of benzene rings is 2. The molecule has 4 nitrogen and oxygen atoms in total. The average Bonchev–Trinajstić information content (AvgIpc) is 2.65. The number of carbonyl (C=O) groups excluding carboxylic acids is 2. The fraction of sp³-hybridized carbons (Fsp3) is 0.333. The van der Waals surface area contributed by atoms with E-state index in [1.807, 2.05) is 60.7 Å². The molecule has 0 aromatic heterocycles. The van der Waals surface area contributed by atoms with Gasteiger partial charge in [0.15, 0.2) is 0 Å². The number of anilines is 1. The van der Waals surface area contributed by atoms with Crippen LogP contribution >= 0.6 is 0 Å². The van der Waals surface area contributed by atoms with E-state index in [9.17, 15) is 9.59 Å². The number of rotatable bonds is 10. The molecule has 0 atom stereocenters. The molecule has 2 rings (SSSR count). The molecule has 0 aliphatic heterocycles. The van der Waals surface area contributed by atoms with Crippen molar-refractivity contribution >= 4 is 17.5 Å². The zero-order chi connectivity index (χ0) is 17.7. The largest absolute Gasteiger partial charge is 0.352 e. The van der Waals surface area contributed by atoms with Crippen molar-refractivity contribution in [2.75, 3.05) is 11.9 Å². The molecule has 0 radical (unpaired) electrons. The smallest absolute Gasteiger partial charge is 0.251 e. The first-order valence-corrected chi connectivity index (χ1v) is 8.94. The second-order valence-corrected chi connectivity index (χ2v) is 6.05. The molecule has 0 fully saturated rings. The summed E-state index contributed by atoms with van der Waals surface area (Å²) in [7, 11) is 0. The summed E-state index contributed by atoms with van der Waals surface area (Å²) in [4.78, 5) is 23.6. The van der Waals surface area contributed by atoms with Crippen LogP contribution in [0, 0.1) is 0 Å². The van der Waals surface area contributed by atoms with E-state index in [2.05, 4.69) is 10.6 Å². The molecule has 0 spiro atoms. The maximum atomic E-state index is 11.8. The van der Waals surface area contributed by atoms with Crippen molar-refractivity contribution in [1.82, 2.24) is 5.32 Å². The van der Waals surface area contributed by atoms with E-state index >= 15 is 0 Å². The summed E-state index contributed by atoms with van der Waals surface area (Å²) < 4.78 is 0. The lowest BCUT2D eigenvalue weighted by Gasteiger charge is -2.06. The lowest BCUT2D eigenvalue weighted by molar-refractivity contribution is -0.116. The molecular weight excluding hydrogens is 312 g/mol. The van der Waals surface area contributed by atoms with Crippen molar-refractivity contribution in [2.24, 2.45) is 0 Å². The molecule has 0 bridgehead atoms. The van der Waals surface area contributed by atoms with Crippen molar-refractivity contribution in [3.63, 3.8) is 0 Å². The van der Waals surface area contributed by atoms with Gasteiger partial charge in [0.25, 0.3) is 5.91 Å². The third-order valence-electron chi connectivity index (χ3n) is 3.96. The summed E-state index contributed by atoms with van der Waals surface area (Å²) in [5.41, 5.74) is 1.55. The maximum absolute atomic E-state index is 11.8. The second-order valence-electron chi connectivity index (χ2n) is 6.05. The van der Waals surface area contributed by atoms with Crippen molar-refractivity contribution in [2.45, 2.75) is 38.5 Å². The van der Waals surface area contributed by atoms with Crippen LogP contribution in [0.2, 0.25) is 0 Å². The van der Waals surface area contributed by atoms with Crippen molar-refractivity contribution in [3.05, 3.63) is 66.2 Å². The normalized spacial score (nSPS) is 10.2. The van der Waals surface area contributed by atoms with Gasteiger partial charge in [-0.15, -0.1) is 0 Å². The summed E-state index contributed by atoms with van der Waals surface area (Å²) in [6.07, 6.45) is 5.60. The Labute approximate surface area is 149 Å². The van der Waals surface area contributed by atoms with Gasteiger partial charge in [-0.1, -0.05) is 55.7 Å². The van der Waals surface area contributed by atoms with Gasteiger partial charge >= 0.3 is 0 Å². The van der Waals surface area contributed by atoms with Crippen LogP contribution in [0.4, 0.5) is 5.69 Å². The van der Waals surface area contributed by atoms with E-state index in [4.69, 9.17) is 0 Å². The second kappa shape index (κ2) is 11.0. The molecule has 2 aromatic rings. The van der Waals surface area contributed by atoms with Gasteiger partial charge in [0, 0.05) is 24.2 Å². The van der Waals surface area contributed by atoms with Gasteiger partial charge in [-0.3, -0.25) is 9.59 Å². The van der Waals surface area contributed by atoms with E-state index in [1.54, 1.807) is 0 Å². The monoisotopic (exact) mass is 338 g/mol. The third-order valence-corrected chi connectivity index (χ3v) is 3.96. The Hall–Kier alpha value is -2.62. The predicted octanol–water partition coefficient (Wildman–Crippen LogP) is 4.40. The van der Waals surface area contributed by atoms with Crippen molar-refractivity contribution in [1.29, 1.82) is 0 Å². The molecule has 2 aromatic carbocycles. The van der Waals surface area contributed by atoms with Gasteiger partial charge in [-0.25, -0.2) is 0 Å². The Morgan fingerprint density at radius 1 is 0.720 bits per heavy atom. The number of unbranched alkanes of at least 4 members (excludes halogenated alkanes) is 4. The van der Waals surface area contributed by atoms with Gasteiger partial charge in [0.1, 0.15) is 0 Å². The number of hydrogen-bond acceptors (Lipinski definition) is 2. The van der Waals surface area contributed by atoms with Gasteiger partial charge in [0.05, 0.1) is 0 Å². The highest BCUT2D eigenvalue weighted by Crippen LogP contribution is 2.09. The fourth-order valence-corrected chi connectivity index (χ4v) is 2.58. The molecule has 0 saturated heterocycles. The third kappa shape index (κ3) is 7.66. The lowest BCUT2D eigenvalue weighted by atomic mass is 10.1. The Morgan fingerprint density at radius 3 is 2.04 bits per heavy atom. The molecule has 0 aliphatic rings. The minimum absolute atomic E-state index is 0.0156. The molecule has 0 saturated carbocycles. The summed E-state index contributed by atoms with van der Waals surface area (Å²) in [5.74, 6) is 0.0551. The van der Waals surface area contributed by atoms with Gasteiger partial charge in [-0.05, 0) is 37.1 Å². The topological polar surface area (TPSA) is 58.2 Å². The summed E-state index contributed by atoms with van der Waals surface area (Å²) in [6, 6.07) is 18.8. The number of amides is 2. The minimum Gasteiger partial charge on any atom is -0.352 e. The van der Waals surface area contributed by atoms with Crippen LogP contribution in [-0.2, 0) is 4.79 Å². The van der Waals surface area contributed by atoms with E-state index in [0.717, 1.165) is 37.8 Å². The Balaban J connectivity index is 1.46. The minimum atomic E-state index is -0.0156. The number of carbonyl (C=O) groups is 2. The first-order valence-electron chi connectivity index (χ1n) is 8.94. The summed E-state index contributed by atoms with van der Waals surface area (Å²) >= 11 is 0. The zero-order valence-corrected chi connectivity index (χ0v) is 14.5. The van der Waals surface area contributed by atoms with Crippen LogP contribution in [0.3, 0.4) is 0 Å². The van der Waals surface area contributed by atoms with Crippen LogP contribution in [0.1, 0.15) is 48.9 Å². The van der Waals surface area contributed by atoms with Crippen LogP contribution in [0.25, 0.3) is 0 Å². The molecule has 4 heteroatoms. The number of hydrogen-bond donors (Lipinski definition) is 2. The molecule has 132 valence electrons. The first-order chi connectivity index (χ1) is 12.3. The van der Waals surface area contributed by atoms with E-state index in [-0.39, 0.29) is 11.8 Å². The standard InChI is InChI=1S/C21H26N2O2/c24-20(23-19-14-8-5-9-15-19)16-10-2-1-3-11-17-22-21(25)18-12-6-4-7-13-18/h4-9,12-15H,1-3,10-11,16-17H2,(H,22,25)(H,23,24). The lowest BCUT2D eigenvalue weighted by Crippen LogP contribution is -2.24. The highest BCUT2D eigenvalue weighted by Gasteiger charge is 2.03. The van der Waals surface area contributed by atoms with Crippen LogP contribution < -0.4 is 10.6 Å². The fourth-order valence-electron chi connectivity index (χ4n) is 2.58. The molecule has 0 aliphatic carbocycles. The summed E-state index contributed by atoms with van der Waals surface area (Å²) in [5, 5.41) is 5.83. The van der Waals surface area contributed by atoms with E-state index < -0.39 is 0 Å². The first kappa shape index (κ1) is 18.7. The average molecular weight is 338 g/mol. The predicted molar refractivity (Wildman–Crippen MR) is 102 cm³/mol. The van der Waals surface area contributed by atoms with Crippen molar-refractivity contribution in [3.8, 4) is 0 Å². The number of nitrogens with one attached hydrogen (secondary N) is 2. The van der Waals surface area contributed by atoms with E-state index in [1.165, 1.54) is 0 Å². The maximum Gasteiger partial charge on any atom is 0.251 e. The van der Waals surface area contributed by atoms with Crippen LogP contribution in [-0.4, -0.2) is 18.4 Å². The Morgan fingerprint density at radius 2 is 1.32 bits per heavy atom. The molecule has 2 amide bonds. The van der Waals surface area contributed by atoms with Gasteiger partial charge in [-0.2, -0.15) is 0 Å². The molecular formula is C21H26N2O2. The molecule has 0 heterocycles. The van der Waals surface area contributed by atoms with Crippen LogP contribution in [0.5, 0.6) is 0 Å². The Kier molecular flexibility index (Phi) is 8.25. The summed E-state index contributed by atoms with van der Waals surface area (Å²) in [6.45, 7) is 0.697.